The molecule has 1 rings (SSSR count). The summed E-state index contributed by atoms with van der Waals surface area (Å²) in [4.78, 5) is 15.9. The van der Waals surface area contributed by atoms with E-state index in [9.17, 15) is 4.79 Å². The van der Waals surface area contributed by atoms with Gasteiger partial charge in [0.2, 0.25) is 5.78 Å². The molecule has 1 atom stereocenters. The van der Waals surface area contributed by atoms with Gasteiger partial charge in [0, 0.05) is 24.2 Å². The Morgan fingerprint density at radius 1 is 1.60 bits per heavy atom. The minimum atomic E-state index is 0.132. The predicted molar refractivity (Wildman–Crippen MR) is 64.4 cm³/mol. The van der Waals surface area contributed by atoms with Crippen LogP contribution >= 0.6 is 11.8 Å². The molecule has 1 heterocycles. The van der Waals surface area contributed by atoms with Gasteiger partial charge in [-0.3, -0.25) is 4.79 Å². The van der Waals surface area contributed by atoms with Gasteiger partial charge >= 0.3 is 0 Å². The van der Waals surface area contributed by atoms with Gasteiger partial charge in [0.25, 0.3) is 0 Å². The minimum absolute atomic E-state index is 0.132. The second-order valence-electron chi connectivity index (χ2n) is 3.49. The molecule has 0 bridgehead atoms. The topological polar surface area (TPSA) is 34.9 Å². The largest absolute Gasteiger partial charge is 0.329 e. The zero-order valence-corrected chi connectivity index (χ0v) is 10.4. The third-order valence-electron chi connectivity index (χ3n) is 2.38. The average molecular weight is 226 g/mol. The van der Waals surface area contributed by atoms with Gasteiger partial charge in [0.15, 0.2) is 5.82 Å². The molecular weight excluding hydrogens is 208 g/mol. The highest BCUT2D eigenvalue weighted by Crippen LogP contribution is 2.15. The summed E-state index contributed by atoms with van der Waals surface area (Å²) in [7, 11) is 0. The Hall–Kier alpha value is -0.770. The van der Waals surface area contributed by atoms with E-state index in [1.165, 1.54) is 0 Å². The number of hydrogen-bond acceptors (Lipinski definition) is 3. The number of aromatic nitrogens is 2. The number of hydrogen-bond donors (Lipinski definition) is 0. The molecular formula is C11H18N2OS. The van der Waals surface area contributed by atoms with E-state index >= 15 is 0 Å². The summed E-state index contributed by atoms with van der Waals surface area (Å²) in [5.41, 5.74) is 0. The maximum absolute atomic E-state index is 11.8. The van der Waals surface area contributed by atoms with Crippen molar-refractivity contribution in [1.29, 1.82) is 0 Å². The average Bonchev–Trinajstić information content (AvgIpc) is 2.73. The van der Waals surface area contributed by atoms with Crippen molar-refractivity contribution in [2.24, 2.45) is 0 Å². The highest BCUT2D eigenvalue weighted by molar-refractivity contribution is 8.00. The molecule has 0 fully saturated rings. The van der Waals surface area contributed by atoms with Crippen LogP contribution in [0.4, 0.5) is 0 Å². The molecule has 0 aliphatic carbocycles. The highest BCUT2D eigenvalue weighted by Gasteiger charge is 2.13. The van der Waals surface area contributed by atoms with E-state index in [0.29, 0.717) is 16.8 Å². The van der Waals surface area contributed by atoms with Gasteiger partial charge in [-0.05, 0) is 13.3 Å². The van der Waals surface area contributed by atoms with Crippen LogP contribution in [0.5, 0.6) is 0 Å². The van der Waals surface area contributed by atoms with E-state index in [4.69, 9.17) is 0 Å². The fourth-order valence-corrected chi connectivity index (χ4v) is 2.02. The molecule has 0 aliphatic heterocycles. The lowest BCUT2D eigenvalue weighted by Gasteiger charge is -2.07. The van der Waals surface area contributed by atoms with Crippen molar-refractivity contribution in [2.75, 3.05) is 5.75 Å². The molecule has 1 aromatic heterocycles. The standard InChI is InChI=1S/C11H18N2OS/c1-4-9(3)15-8-10(14)11-12-6-7-13(11)5-2/h6-7,9H,4-5,8H2,1-3H3. The molecule has 0 aromatic carbocycles. The summed E-state index contributed by atoms with van der Waals surface area (Å²) >= 11 is 1.70. The predicted octanol–water partition coefficient (Wildman–Crippen LogP) is 2.62. The summed E-state index contributed by atoms with van der Waals surface area (Å²) in [5, 5.41) is 0.541. The van der Waals surface area contributed by atoms with Crippen LogP contribution < -0.4 is 0 Å². The van der Waals surface area contributed by atoms with E-state index < -0.39 is 0 Å². The van der Waals surface area contributed by atoms with Crippen LogP contribution in [0.2, 0.25) is 0 Å². The van der Waals surface area contributed by atoms with Crippen molar-refractivity contribution in [2.45, 2.75) is 39.0 Å². The lowest BCUT2D eigenvalue weighted by molar-refractivity contribution is 0.100. The Bertz CT molecular complexity index is 322. The zero-order chi connectivity index (χ0) is 11.3. The van der Waals surface area contributed by atoms with Crippen molar-refractivity contribution in [3.05, 3.63) is 18.2 Å². The highest BCUT2D eigenvalue weighted by atomic mass is 32.2. The smallest absolute Gasteiger partial charge is 0.208 e. The number of imidazole rings is 1. The van der Waals surface area contributed by atoms with Crippen LogP contribution in [0.15, 0.2) is 12.4 Å². The van der Waals surface area contributed by atoms with Gasteiger partial charge in [-0.15, -0.1) is 0 Å². The normalized spacial score (nSPS) is 12.7. The van der Waals surface area contributed by atoms with Crippen LogP contribution in [-0.2, 0) is 6.54 Å². The van der Waals surface area contributed by atoms with Gasteiger partial charge in [-0.25, -0.2) is 4.98 Å². The second-order valence-corrected chi connectivity index (χ2v) is 4.92. The van der Waals surface area contributed by atoms with Gasteiger partial charge in [0.05, 0.1) is 5.75 Å². The molecule has 0 amide bonds. The van der Waals surface area contributed by atoms with E-state index in [-0.39, 0.29) is 5.78 Å². The molecule has 0 radical (unpaired) electrons. The SMILES string of the molecule is CCC(C)SCC(=O)c1nccn1CC. The number of carbonyl (C=O) groups is 1. The first kappa shape index (κ1) is 12.3. The molecule has 0 spiro atoms. The van der Waals surface area contributed by atoms with E-state index in [1.807, 2.05) is 17.7 Å². The van der Waals surface area contributed by atoms with Crippen LogP contribution in [0.1, 0.15) is 37.8 Å². The molecule has 1 aromatic rings. The van der Waals surface area contributed by atoms with Gasteiger partial charge < -0.3 is 4.57 Å². The zero-order valence-electron chi connectivity index (χ0n) is 9.56. The molecule has 0 saturated carbocycles. The number of thioether (sulfide) groups is 1. The molecule has 4 heteroatoms. The molecule has 1 unspecified atom stereocenters. The Kier molecular flexibility index (Phi) is 4.88. The molecule has 3 nitrogen and oxygen atoms in total. The first-order chi connectivity index (χ1) is 7.19. The van der Waals surface area contributed by atoms with Gasteiger partial charge in [-0.1, -0.05) is 13.8 Å². The third-order valence-corrected chi connectivity index (χ3v) is 3.71. The number of Topliss-reactive ketones (excluding diaryl/α,β-unsaturated/α-hetero) is 1. The number of rotatable bonds is 6. The van der Waals surface area contributed by atoms with Gasteiger partial charge in [0.1, 0.15) is 0 Å². The van der Waals surface area contributed by atoms with Crippen molar-refractivity contribution in [1.82, 2.24) is 9.55 Å². The van der Waals surface area contributed by atoms with Crippen molar-refractivity contribution < 1.29 is 4.79 Å². The van der Waals surface area contributed by atoms with Crippen molar-refractivity contribution >= 4 is 17.5 Å². The third kappa shape index (κ3) is 3.38. The van der Waals surface area contributed by atoms with Crippen LogP contribution in [0.25, 0.3) is 0 Å². The maximum atomic E-state index is 11.8. The summed E-state index contributed by atoms with van der Waals surface area (Å²) in [6, 6.07) is 0. The molecule has 0 aliphatic rings. The lowest BCUT2D eigenvalue weighted by Crippen LogP contribution is -2.12. The summed E-state index contributed by atoms with van der Waals surface area (Å²) < 4.78 is 1.89. The number of ketones is 1. The van der Waals surface area contributed by atoms with E-state index in [1.54, 1.807) is 18.0 Å². The minimum Gasteiger partial charge on any atom is -0.329 e. The summed E-state index contributed by atoms with van der Waals surface area (Å²) in [5.74, 6) is 1.26. The first-order valence-electron chi connectivity index (χ1n) is 5.35. The Labute approximate surface area is 95.3 Å². The molecule has 0 N–H and O–H groups in total. The summed E-state index contributed by atoms with van der Waals surface area (Å²) in [6.07, 6.45) is 4.63. The quantitative estimate of drug-likeness (QED) is 0.699. The van der Waals surface area contributed by atoms with Crippen molar-refractivity contribution in [3.8, 4) is 0 Å². The van der Waals surface area contributed by atoms with E-state index in [2.05, 4.69) is 18.8 Å². The fraction of sp³-hybridized carbons (Fsp3) is 0.636. The Morgan fingerprint density at radius 3 is 2.93 bits per heavy atom. The number of carbonyl (C=O) groups excluding carboxylic acids is 1. The lowest BCUT2D eigenvalue weighted by atomic mass is 10.4. The molecule has 0 saturated heterocycles. The van der Waals surface area contributed by atoms with Crippen LogP contribution in [0, 0.1) is 0 Å². The first-order valence-corrected chi connectivity index (χ1v) is 6.39. The van der Waals surface area contributed by atoms with Gasteiger partial charge in [-0.2, -0.15) is 11.8 Å². The van der Waals surface area contributed by atoms with Crippen molar-refractivity contribution in [3.63, 3.8) is 0 Å². The number of nitrogens with zero attached hydrogens (tertiary/aromatic N) is 2. The molecule has 84 valence electrons. The Morgan fingerprint density at radius 2 is 2.33 bits per heavy atom. The van der Waals surface area contributed by atoms with E-state index in [0.717, 1.165) is 13.0 Å². The fourth-order valence-electron chi connectivity index (χ4n) is 1.22. The number of aryl methyl sites for hydroxylation is 1. The molecule has 15 heavy (non-hydrogen) atoms. The maximum Gasteiger partial charge on any atom is 0.208 e. The van der Waals surface area contributed by atoms with Crippen LogP contribution in [0.3, 0.4) is 0 Å². The summed E-state index contributed by atoms with van der Waals surface area (Å²) in [6.45, 7) is 7.09. The van der Waals surface area contributed by atoms with Crippen LogP contribution in [-0.4, -0.2) is 26.3 Å². The second kappa shape index (κ2) is 5.95. The monoisotopic (exact) mass is 226 g/mol. The Balaban J connectivity index is 2.54.